The summed E-state index contributed by atoms with van der Waals surface area (Å²) in [4.78, 5) is 25.4. The van der Waals surface area contributed by atoms with Crippen molar-refractivity contribution in [1.29, 1.82) is 0 Å². The molecule has 3 aliphatic rings. The van der Waals surface area contributed by atoms with E-state index in [1.807, 2.05) is 0 Å². The van der Waals surface area contributed by atoms with Gasteiger partial charge in [-0.1, -0.05) is 0 Å². The van der Waals surface area contributed by atoms with Crippen LogP contribution in [0.5, 0.6) is 0 Å². The Morgan fingerprint density at radius 1 is 1.29 bits per heavy atom. The molecule has 1 aromatic heterocycles. The van der Waals surface area contributed by atoms with Gasteiger partial charge < -0.3 is 26.0 Å². The fourth-order valence-corrected chi connectivity index (χ4v) is 4.31. The molecule has 2 aliphatic carbocycles. The minimum absolute atomic E-state index is 0.0216. The van der Waals surface area contributed by atoms with Crippen LogP contribution in [0.4, 0.5) is 24.5 Å². The first-order chi connectivity index (χ1) is 13.1. The van der Waals surface area contributed by atoms with Gasteiger partial charge in [-0.25, -0.2) is 18.0 Å². The maximum atomic E-state index is 15.5. The molecule has 2 atom stereocenters. The minimum Gasteiger partial charge on any atom is -0.477 e. The van der Waals surface area contributed by atoms with Crippen LogP contribution in [0.2, 0.25) is 0 Å². The molecule has 0 radical (unpaired) electrons. The molecule has 2 aromatic rings. The molecule has 5 rings (SSSR count). The monoisotopic (exact) mass is 394 g/mol. The highest BCUT2D eigenvalue weighted by molar-refractivity contribution is 6.00. The molecule has 1 aliphatic heterocycles. The van der Waals surface area contributed by atoms with Crippen molar-refractivity contribution in [3.63, 3.8) is 0 Å². The molecule has 1 saturated heterocycles. The van der Waals surface area contributed by atoms with E-state index < -0.39 is 62.2 Å². The molecule has 2 heterocycles. The predicted octanol–water partition coefficient (Wildman–Crippen LogP) is 1.51. The van der Waals surface area contributed by atoms with Crippen LogP contribution in [-0.2, 0) is 5.79 Å². The molecule has 0 bridgehead atoms. The third-order valence-electron chi connectivity index (χ3n) is 6.18. The Labute approximate surface area is 156 Å². The summed E-state index contributed by atoms with van der Waals surface area (Å²) in [6.07, 6.45) is 1.58. The zero-order valence-electron chi connectivity index (χ0n) is 14.6. The van der Waals surface area contributed by atoms with Crippen molar-refractivity contribution in [2.24, 2.45) is 11.7 Å². The van der Waals surface area contributed by atoms with Crippen LogP contribution in [0.15, 0.2) is 11.0 Å². The van der Waals surface area contributed by atoms with Gasteiger partial charge >= 0.3 is 5.97 Å². The SMILES string of the molecule is Nc1c(F)c(N2CC3CC3(N)C2)c(F)c2c1c(=O)c(C(=O)O)cn2C1(F)CC1. The highest BCUT2D eigenvalue weighted by atomic mass is 19.2. The zero-order valence-corrected chi connectivity index (χ0v) is 14.6. The minimum atomic E-state index is -2.04. The number of nitrogens with zero attached hydrogens (tertiary/aromatic N) is 2. The van der Waals surface area contributed by atoms with Crippen LogP contribution in [0, 0.1) is 17.6 Å². The Morgan fingerprint density at radius 2 is 1.96 bits per heavy atom. The lowest BCUT2D eigenvalue weighted by Crippen LogP contribution is -2.34. The van der Waals surface area contributed by atoms with E-state index in [-0.39, 0.29) is 25.3 Å². The average Bonchev–Trinajstić information content (AvgIpc) is 3.48. The van der Waals surface area contributed by atoms with E-state index in [4.69, 9.17) is 11.5 Å². The number of anilines is 2. The van der Waals surface area contributed by atoms with Crippen LogP contribution in [0.25, 0.3) is 10.9 Å². The Kier molecular flexibility index (Phi) is 3.09. The van der Waals surface area contributed by atoms with Crippen molar-refractivity contribution in [2.45, 2.75) is 30.6 Å². The van der Waals surface area contributed by atoms with Crippen LogP contribution in [0.1, 0.15) is 29.6 Å². The van der Waals surface area contributed by atoms with Crippen molar-refractivity contribution in [2.75, 3.05) is 23.7 Å². The molecule has 3 fully saturated rings. The van der Waals surface area contributed by atoms with Crippen LogP contribution in [-0.4, -0.2) is 34.3 Å². The van der Waals surface area contributed by atoms with Crippen molar-refractivity contribution in [3.8, 4) is 0 Å². The topological polar surface area (TPSA) is 115 Å². The van der Waals surface area contributed by atoms with Crippen molar-refractivity contribution in [1.82, 2.24) is 4.57 Å². The number of piperidine rings is 1. The maximum absolute atomic E-state index is 15.5. The van der Waals surface area contributed by atoms with E-state index in [1.165, 1.54) is 4.90 Å². The number of aromatic carboxylic acids is 1. The fourth-order valence-electron chi connectivity index (χ4n) is 4.31. The largest absolute Gasteiger partial charge is 0.477 e. The van der Waals surface area contributed by atoms with E-state index in [9.17, 15) is 19.1 Å². The first kappa shape index (κ1) is 17.4. The Balaban J connectivity index is 1.85. The Bertz CT molecular complexity index is 1140. The van der Waals surface area contributed by atoms with Gasteiger partial charge in [0, 0.05) is 37.7 Å². The third-order valence-corrected chi connectivity index (χ3v) is 6.18. The molecular formula is C18H17F3N4O3. The van der Waals surface area contributed by atoms with Crippen molar-refractivity contribution >= 4 is 28.2 Å². The third kappa shape index (κ3) is 2.09. The number of aromatic nitrogens is 1. The quantitative estimate of drug-likeness (QED) is 0.680. The molecule has 2 unspecified atom stereocenters. The van der Waals surface area contributed by atoms with Gasteiger partial charge in [0.05, 0.1) is 16.6 Å². The molecule has 148 valence electrons. The number of benzene rings is 1. The number of nitrogens with two attached hydrogens (primary N) is 2. The van der Waals surface area contributed by atoms with Gasteiger partial charge in [-0.05, 0) is 12.3 Å². The smallest absolute Gasteiger partial charge is 0.341 e. The highest BCUT2D eigenvalue weighted by Gasteiger charge is 2.58. The molecule has 1 aromatic carbocycles. The molecule has 10 heteroatoms. The number of rotatable bonds is 3. The number of carboxylic acids is 1. The Morgan fingerprint density at radius 3 is 2.50 bits per heavy atom. The van der Waals surface area contributed by atoms with Gasteiger partial charge in [0.2, 0.25) is 5.43 Å². The summed E-state index contributed by atoms with van der Waals surface area (Å²) in [5.74, 6) is -5.86. The fraction of sp³-hybridized carbons (Fsp3) is 0.444. The molecular weight excluding hydrogens is 377 g/mol. The second kappa shape index (κ2) is 4.99. The summed E-state index contributed by atoms with van der Waals surface area (Å²) >= 11 is 0. The number of hydrogen-bond acceptors (Lipinski definition) is 5. The van der Waals surface area contributed by atoms with Crippen LogP contribution in [0.3, 0.4) is 0 Å². The van der Waals surface area contributed by atoms with Crippen LogP contribution < -0.4 is 21.8 Å². The normalized spacial score (nSPS) is 27.1. The molecule has 28 heavy (non-hydrogen) atoms. The van der Waals surface area contributed by atoms with E-state index in [0.717, 1.165) is 17.2 Å². The second-order valence-corrected chi connectivity index (χ2v) is 8.09. The van der Waals surface area contributed by atoms with E-state index in [2.05, 4.69) is 0 Å². The first-order valence-electron chi connectivity index (χ1n) is 8.90. The number of carbonyl (C=O) groups is 1. The van der Waals surface area contributed by atoms with E-state index >= 15 is 8.78 Å². The average molecular weight is 394 g/mol. The number of pyridine rings is 1. The standard InChI is InChI=1S/C18H17F3N4O3/c19-10-12(22)9-13(11(20)14(10)24-4-7-3-17(7,23)6-24)25(18(21)1-2-18)5-8(15(9)26)16(27)28/h5,7H,1-4,6,22-23H2,(H,27,28). The summed E-state index contributed by atoms with van der Waals surface area (Å²) in [6.45, 7) is 0.544. The first-order valence-corrected chi connectivity index (χ1v) is 8.90. The van der Waals surface area contributed by atoms with Crippen molar-refractivity contribution in [3.05, 3.63) is 33.6 Å². The number of alkyl halides is 1. The van der Waals surface area contributed by atoms with Crippen molar-refractivity contribution < 1.29 is 23.1 Å². The van der Waals surface area contributed by atoms with Gasteiger partial charge in [0.1, 0.15) is 11.3 Å². The molecule has 0 amide bonds. The lowest BCUT2D eigenvalue weighted by molar-refractivity contribution is 0.0694. The second-order valence-electron chi connectivity index (χ2n) is 8.09. The van der Waals surface area contributed by atoms with Crippen LogP contribution >= 0.6 is 0 Å². The molecule has 2 saturated carbocycles. The summed E-state index contributed by atoms with van der Waals surface area (Å²) in [5.41, 5.74) is 7.81. The summed E-state index contributed by atoms with van der Waals surface area (Å²) in [5, 5.41) is 8.61. The maximum Gasteiger partial charge on any atom is 0.341 e. The lowest BCUT2D eigenvalue weighted by atomic mass is 10.1. The molecule has 7 nitrogen and oxygen atoms in total. The van der Waals surface area contributed by atoms with Gasteiger partial charge in [0.25, 0.3) is 0 Å². The Hall–Kier alpha value is -2.75. The summed E-state index contributed by atoms with van der Waals surface area (Å²) in [7, 11) is 0. The zero-order chi connectivity index (χ0) is 20.2. The van der Waals surface area contributed by atoms with Gasteiger partial charge in [0.15, 0.2) is 17.4 Å². The number of fused-ring (bicyclic) bond motifs is 2. The van der Waals surface area contributed by atoms with Gasteiger partial charge in [-0.2, -0.15) is 0 Å². The highest BCUT2D eigenvalue weighted by Crippen LogP contribution is 2.51. The number of hydrogen-bond donors (Lipinski definition) is 3. The lowest BCUT2D eigenvalue weighted by Gasteiger charge is -2.26. The van der Waals surface area contributed by atoms with E-state index in [0.29, 0.717) is 6.54 Å². The number of carboxylic acid groups (broad SMARTS) is 1. The summed E-state index contributed by atoms with van der Waals surface area (Å²) < 4.78 is 46.2. The number of nitrogen functional groups attached to an aromatic ring is 1. The van der Waals surface area contributed by atoms with E-state index in [1.54, 1.807) is 0 Å². The summed E-state index contributed by atoms with van der Waals surface area (Å²) in [6, 6.07) is 0. The van der Waals surface area contributed by atoms with Gasteiger partial charge in [-0.15, -0.1) is 0 Å². The number of halogens is 3. The van der Waals surface area contributed by atoms with Gasteiger partial charge in [-0.3, -0.25) is 4.79 Å². The predicted molar refractivity (Wildman–Crippen MR) is 95.1 cm³/mol. The molecule has 5 N–H and O–H groups in total. The molecule has 0 spiro atoms.